The molecular weight excluding hydrogens is 258 g/mol. The van der Waals surface area contributed by atoms with E-state index in [1.807, 2.05) is 0 Å². The Morgan fingerprint density at radius 2 is 1.75 bits per heavy atom. The molecular formula is C13H23N5O2. The molecule has 1 aromatic rings. The van der Waals surface area contributed by atoms with E-state index < -0.39 is 5.69 Å². The summed E-state index contributed by atoms with van der Waals surface area (Å²) in [5.41, 5.74) is 5.38. The van der Waals surface area contributed by atoms with Crippen molar-refractivity contribution in [3.05, 3.63) is 20.8 Å². The minimum atomic E-state index is -0.408. The summed E-state index contributed by atoms with van der Waals surface area (Å²) in [5.74, 6) is 0.191. The SMILES string of the molecule is Cn1c(N)c(NCCN2CCCCC2)c(=O)n(C)c1=O. The number of nitrogens with zero attached hydrogens (tertiary/aromatic N) is 3. The van der Waals surface area contributed by atoms with Crippen molar-refractivity contribution >= 4 is 11.5 Å². The number of hydrogen-bond donors (Lipinski definition) is 2. The third-order valence-corrected chi connectivity index (χ3v) is 3.89. The third kappa shape index (κ3) is 2.87. The molecule has 1 saturated heterocycles. The summed E-state index contributed by atoms with van der Waals surface area (Å²) < 4.78 is 2.35. The Bertz CT molecular complexity index is 584. The van der Waals surface area contributed by atoms with E-state index in [9.17, 15) is 9.59 Å². The topological polar surface area (TPSA) is 85.3 Å². The molecule has 7 heteroatoms. The van der Waals surface area contributed by atoms with Gasteiger partial charge in [-0.15, -0.1) is 0 Å². The summed E-state index contributed by atoms with van der Waals surface area (Å²) in [5, 5.41) is 3.08. The minimum absolute atomic E-state index is 0.191. The van der Waals surface area contributed by atoms with E-state index in [1.54, 1.807) is 7.05 Å². The van der Waals surface area contributed by atoms with Crippen LogP contribution < -0.4 is 22.3 Å². The molecule has 0 spiro atoms. The van der Waals surface area contributed by atoms with Crippen LogP contribution in [-0.4, -0.2) is 40.2 Å². The molecule has 0 amide bonds. The van der Waals surface area contributed by atoms with Gasteiger partial charge in [-0.1, -0.05) is 6.42 Å². The van der Waals surface area contributed by atoms with E-state index in [2.05, 4.69) is 10.2 Å². The molecule has 0 atom stereocenters. The standard InChI is InChI=1S/C13H23N5O2/c1-16-11(14)10(12(19)17(2)13(16)20)15-6-9-18-7-4-3-5-8-18/h15H,3-9,14H2,1-2H3. The molecule has 2 heterocycles. The zero-order valence-electron chi connectivity index (χ0n) is 12.2. The normalized spacial score (nSPS) is 16.3. The van der Waals surface area contributed by atoms with Gasteiger partial charge in [0.15, 0.2) is 0 Å². The van der Waals surface area contributed by atoms with Gasteiger partial charge >= 0.3 is 5.69 Å². The Labute approximate surface area is 118 Å². The Hall–Kier alpha value is -1.76. The molecule has 2 rings (SSSR count). The number of piperidine rings is 1. The highest BCUT2D eigenvalue weighted by atomic mass is 16.2. The highest BCUT2D eigenvalue weighted by Gasteiger charge is 2.14. The number of nitrogens with one attached hydrogen (secondary N) is 1. The van der Waals surface area contributed by atoms with Crippen molar-refractivity contribution in [1.82, 2.24) is 14.0 Å². The fourth-order valence-electron chi connectivity index (χ4n) is 2.55. The highest BCUT2D eigenvalue weighted by Crippen LogP contribution is 2.10. The Morgan fingerprint density at radius 3 is 2.40 bits per heavy atom. The van der Waals surface area contributed by atoms with E-state index in [-0.39, 0.29) is 11.4 Å². The molecule has 0 unspecified atom stereocenters. The van der Waals surface area contributed by atoms with Crippen molar-refractivity contribution in [3.63, 3.8) is 0 Å². The van der Waals surface area contributed by atoms with Crippen LogP contribution in [0.1, 0.15) is 19.3 Å². The molecule has 0 saturated carbocycles. The maximum Gasteiger partial charge on any atom is 0.332 e. The number of nitrogen functional groups attached to an aromatic ring is 1. The zero-order valence-corrected chi connectivity index (χ0v) is 12.2. The molecule has 112 valence electrons. The predicted octanol–water partition coefficient (Wildman–Crippen LogP) is -0.436. The molecule has 0 aromatic carbocycles. The fourth-order valence-corrected chi connectivity index (χ4v) is 2.55. The quantitative estimate of drug-likeness (QED) is 0.782. The zero-order chi connectivity index (χ0) is 14.7. The van der Waals surface area contributed by atoms with Crippen molar-refractivity contribution in [1.29, 1.82) is 0 Å². The van der Waals surface area contributed by atoms with Crippen molar-refractivity contribution in [3.8, 4) is 0 Å². The lowest BCUT2D eigenvalue weighted by Gasteiger charge is -2.26. The van der Waals surface area contributed by atoms with Crippen LogP contribution in [0.5, 0.6) is 0 Å². The number of rotatable bonds is 4. The van der Waals surface area contributed by atoms with Gasteiger partial charge in [0, 0.05) is 27.2 Å². The second-order valence-electron chi connectivity index (χ2n) is 5.30. The summed E-state index contributed by atoms with van der Waals surface area (Å²) in [4.78, 5) is 26.1. The van der Waals surface area contributed by atoms with Gasteiger partial charge < -0.3 is 16.0 Å². The van der Waals surface area contributed by atoms with Crippen LogP contribution >= 0.6 is 0 Å². The summed E-state index contributed by atoms with van der Waals surface area (Å²) in [6.07, 6.45) is 3.78. The smallest absolute Gasteiger partial charge is 0.332 e. The van der Waals surface area contributed by atoms with Crippen molar-refractivity contribution in [2.24, 2.45) is 14.1 Å². The fraction of sp³-hybridized carbons (Fsp3) is 0.692. The first-order valence-electron chi connectivity index (χ1n) is 7.04. The third-order valence-electron chi connectivity index (χ3n) is 3.89. The molecule has 0 radical (unpaired) electrons. The lowest BCUT2D eigenvalue weighted by atomic mass is 10.1. The summed E-state index contributed by atoms with van der Waals surface area (Å²) in [6, 6.07) is 0. The van der Waals surface area contributed by atoms with E-state index >= 15 is 0 Å². The number of aromatic nitrogens is 2. The van der Waals surface area contributed by atoms with Gasteiger partial charge in [0.2, 0.25) is 0 Å². The first-order valence-corrected chi connectivity index (χ1v) is 7.04. The first-order chi connectivity index (χ1) is 9.52. The number of hydrogen-bond acceptors (Lipinski definition) is 5. The minimum Gasteiger partial charge on any atom is -0.383 e. The van der Waals surface area contributed by atoms with Gasteiger partial charge in [-0.2, -0.15) is 0 Å². The second-order valence-corrected chi connectivity index (χ2v) is 5.30. The van der Waals surface area contributed by atoms with Crippen LogP contribution in [-0.2, 0) is 14.1 Å². The number of likely N-dealkylation sites (tertiary alicyclic amines) is 1. The highest BCUT2D eigenvalue weighted by molar-refractivity contribution is 5.60. The van der Waals surface area contributed by atoms with Gasteiger partial charge in [0.05, 0.1) is 0 Å². The first kappa shape index (κ1) is 14.6. The molecule has 0 bridgehead atoms. The summed E-state index contributed by atoms with van der Waals surface area (Å²) >= 11 is 0. The average molecular weight is 281 g/mol. The lowest BCUT2D eigenvalue weighted by Crippen LogP contribution is -2.40. The predicted molar refractivity (Wildman–Crippen MR) is 80.1 cm³/mol. The summed E-state index contributed by atoms with van der Waals surface area (Å²) in [6.45, 7) is 3.76. The molecule has 7 nitrogen and oxygen atoms in total. The second kappa shape index (κ2) is 6.13. The van der Waals surface area contributed by atoms with Crippen LogP contribution in [0.2, 0.25) is 0 Å². The van der Waals surface area contributed by atoms with Crippen molar-refractivity contribution in [2.75, 3.05) is 37.2 Å². The van der Waals surface area contributed by atoms with Crippen LogP contribution in [0.3, 0.4) is 0 Å². The molecule has 20 heavy (non-hydrogen) atoms. The monoisotopic (exact) mass is 281 g/mol. The molecule has 1 aromatic heterocycles. The molecule has 0 aliphatic carbocycles. The molecule has 1 aliphatic rings. The Balaban J connectivity index is 2.06. The Morgan fingerprint density at radius 1 is 1.10 bits per heavy atom. The van der Waals surface area contributed by atoms with Crippen LogP contribution in [0.4, 0.5) is 11.5 Å². The van der Waals surface area contributed by atoms with E-state index in [4.69, 9.17) is 5.73 Å². The van der Waals surface area contributed by atoms with Gasteiger partial charge in [-0.05, 0) is 25.9 Å². The van der Waals surface area contributed by atoms with E-state index in [0.717, 1.165) is 24.2 Å². The van der Waals surface area contributed by atoms with Gasteiger partial charge in [0.1, 0.15) is 11.5 Å². The maximum atomic E-state index is 12.0. The number of anilines is 2. The van der Waals surface area contributed by atoms with Crippen LogP contribution in [0, 0.1) is 0 Å². The van der Waals surface area contributed by atoms with E-state index in [0.29, 0.717) is 12.2 Å². The van der Waals surface area contributed by atoms with Gasteiger partial charge in [0.25, 0.3) is 5.56 Å². The molecule has 1 fully saturated rings. The maximum absolute atomic E-state index is 12.0. The average Bonchev–Trinajstić information content (AvgIpc) is 2.48. The van der Waals surface area contributed by atoms with Gasteiger partial charge in [-0.3, -0.25) is 13.9 Å². The van der Waals surface area contributed by atoms with E-state index in [1.165, 1.54) is 30.9 Å². The molecule has 1 aliphatic heterocycles. The lowest BCUT2D eigenvalue weighted by molar-refractivity contribution is 0.237. The largest absolute Gasteiger partial charge is 0.383 e. The number of nitrogens with two attached hydrogens (primary N) is 1. The van der Waals surface area contributed by atoms with Crippen molar-refractivity contribution in [2.45, 2.75) is 19.3 Å². The van der Waals surface area contributed by atoms with Crippen LogP contribution in [0.25, 0.3) is 0 Å². The molecule has 3 N–H and O–H groups in total. The Kier molecular flexibility index (Phi) is 4.49. The van der Waals surface area contributed by atoms with Gasteiger partial charge in [-0.25, -0.2) is 4.79 Å². The van der Waals surface area contributed by atoms with Crippen LogP contribution in [0.15, 0.2) is 9.59 Å². The summed E-state index contributed by atoms with van der Waals surface area (Å²) in [7, 11) is 3.02. The van der Waals surface area contributed by atoms with Crippen molar-refractivity contribution < 1.29 is 0 Å².